The lowest BCUT2D eigenvalue weighted by molar-refractivity contribution is -0.126. The molecule has 1 aliphatic heterocycles. The molecule has 0 radical (unpaired) electrons. The van der Waals surface area contributed by atoms with Crippen LogP contribution in [0.2, 0.25) is 0 Å². The molecule has 0 aromatic heterocycles. The van der Waals surface area contributed by atoms with Gasteiger partial charge >= 0.3 is 0 Å². The van der Waals surface area contributed by atoms with Crippen LogP contribution in [0.15, 0.2) is 0 Å². The summed E-state index contributed by atoms with van der Waals surface area (Å²) in [6.07, 6.45) is 5.71. The van der Waals surface area contributed by atoms with Crippen molar-refractivity contribution in [2.75, 3.05) is 13.2 Å². The van der Waals surface area contributed by atoms with E-state index in [-0.39, 0.29) is 23.2 Å². The molecule has 0 aromatic rings. The number of amides is 1. The minimum Gasteiger partial charge on any atom is -0.378 e. The molecular weight excluding hydrogens is 214 g/mol. The third kappa shape index (κ3) is 2.85. The monoisotopic (exact) mass is 231 g/mol. The van der Waals surface area contributed by atoms with Gasteiger partial charge in [0.1, 0.15) is 0 Å². The van der Waals surface area contributed by atoms with E-state index in [9.17, 15) is 4.79 Å². The lowest BCUT2D eigenvalue weighted by Gasteiger charge is -2.23. The first kappa shape index (κ1) is 11.2. The summed E-state index contributed by atoms with van der Waals surface area (Å²) < 4.78 is 5.21. The van der Waals surface area contributed by atoms with Crippen molar-refractivity contribution in [2.24, 2.45) is 5.92 Å². The summed E-state index contributed by atoms with van der Waals surface area (Å²) in [5.41, 5.74) is 0. The van der Waals surface area contributed by atoms with E-state index in [2.05, 4.69) is 5.32 Å². The Morgan fingerprint density at radius 2 is 1.93 bits per heavy atom. The predicted molar refractivity (Wildman–Crippen MR) is 59.0 cm³/mol. The van der Waals surface area contributed by atoms with E-state index in [1.54, 1.807) is 0 Å². The lowest BCUT2D eigenvalue weighted by atomic mass is 9.88. The van der Waals surface area contributed by atoms with Gasteiger partial charge in [-0.15, -0.1) is 11.6 Å². The molecule has 2 atom stereocenters. The molecule has 2 rings (SSSR count). The largest absolute Gasteiger partial charge is 0.378 e. The standard InChI is InChI=1S/C11H18ClNO2/c12-9-6-15-7-10(9)13-11(14)8-4-2-1-3-5-8/h8-10H,1-7H2,(H,13,14). The van der Waals surface area contributed by atoms with Gasteiger partial charge in [0.2, 0.25) is 5.91 Å². The number of hydrogen-bond donors (Lipinski definition) is 1. The van der Waals surface area contributed by atoms with E-state index in [1.807, 2.05) is 0 Å². The summed E-state index contributed by atoms with van der Waals surface area (Å²) in [7, 11) is 0. The normalized spacial score (nSPS) is 32.9. The average Bonchev–Trinajstić information content (AvgIpc) is 2.66. The summed E-state index contributed by atoms with van der Waals surface area (Å²) in [4.78, 5) is 11.9. The van der Waals surface area contributed by atoms with Crippen LogP contribution in [-0.2, 0) is 9.53 Å². The molecule has 1 saturated carbocycles. The van der Waals surface area contributed by atoms with Gasteiger partial charge in [-0.25, -0.2) is 0 Å². The van der Waals surface area contributed by atoms with Gasteiger partial charge in [0.15, 0.2) is 0 Å². The van der Waals surface area contributed by atoms with Gasteiger partial charge in [0.05, 0.1) is 24.6 Å². The van der Waals surface area contributed by atoms with Crippen LogP contribution >= 0.6 is 11.6 Å². The second kappa shape index (κ2) is 5.17. The van der Waals surface area contributed by atoms with E-state index in [0.717, 1.165) is 12.8 Å². The molecule has 1 N–H and O–H groups in total. The number of nitrogens with one attached hydrogen (secondary N) is 1. The van der Waals surface area contributed by atoms with Gasteiger partial charge in [-0.2, -0.15) is 0 Å². The summed E-state index contributed by atoms with van der Waals surface area (Å²) in [6, 6.07) is 0.0149. The SMILES string of the molecule is O=C(NC1COCC1Cl)C1CCCCC1. The predicted octanol–water partition coefficient (Wildman–Crippen LogP) is 1.69. The van der Waals surface area contributed by atoms with Crippen LogP contribution in [0.25, 0.3) is 0 Å². The number of carbonyl (C=O) groups excluding carboxylic acids is 1. The zero-order chi connectivity index (χ0) is 10.7. The number of halogens is 1. The number of alkyl halides is 1. The quantitative estimate of drug-likeness (QED) is 0.735. The van der Waals surface area contributed by atoms with Crippen molar-refractivity contribution in [1.82, 2.24) is 5.32 Å². The van der Waals surface area contributed by atoms with Crippen LogP contribution in [0.5, 0.6) is 0 Å². The van der Waals surface area contributed by atoms with Gasteiger partial charge in [-0.05, 0) is 12.8 Å². The van der Waals surface area contributed by atoms with E-state index in [0.29, 0.717) is 13.2 Å². The fourth-order valence-electron chi connectivity index (χ4n) is 2.33. The first-order valence-corrected chi connectivity index (χ1v) is 6.23. The topological polar surface area (TPSA) is 38.3 Å². The number of ether oxygens (including phenoxy) is 1. The molecule has 86 valence electrons. The Bertz CT molecular complexity index is 229. The highest BCUT2D eigenvalue weighted by Crippen LogP contribution is 2.24. The molecule has 0 spiro atoms. The third-order valence-electron chi connectivity index (χ3n) is 3.31. The first-order chi connectivity index (χ1) is 7.27. The van der Waals surface area contributed by atoms with E-state index in [4.69, 9.17) is 16.3 Å². The zero-order valence-electron chi connectivity index (χ0n) is 8.88. The second-order valence-electron chi connectivity index (χ2n) is 4.50. The Balaban J connectivity index is 1.80. The molecule has 1 amide bonds. The van der Waals surface area contributed by atoms with Gasteiger partial charge in [0, 0.05) is 5.92 Å². The van der Waals surface area contributed by atoms with Crippen molar-refractivity contribution in [1.29, 1.82) is 0 Å². The second-order valence-corrected chi connectivity index (χ2v) is 5.06. The molecule has 2 fully saturated rings. The van der Waals surface area contributed by atoms with Crippen molar-refractivity contribution in [2.45, 2.75) is 43.5 Å². The van der Waals surface area contributed by atoms with Crippen molar-refractivity contribution in [3.63, 3.8) is 0 Å². The number of hydrogen-bond acceptors (Lipinski definition) is 2. The molecule has 15 heavy (non-hydrogen) atoms. The van der Waals surface area contributed by atoms with Crippen LogP contribution in [-0.4, -0.2) is 30.5 Å². The number of carbonyl (C=O) groups is 1. The summed E-state index contributed by atoms with van der Waals surface area (Å²) in [5, 5.41) is 2.94. The average molecular weight is 232 g/mol. The smallest absolute Gasteiger partial charge is 0.223 e. The zero-order valence-corrected chi connectivity index (χ0v) is 9.63. The van der Waals surface area contributed by atoms with Crippen LogP contribution in [0.4, 0.5) is 0 Å². The van der Waals surface area contributed by atoms with Gasteiger partial charge < -0.3 is 10.1 Å². The molecule has 3 nitrogen and oxygen atoms in total. The van der Waals surface area contributed by atoms with Crippen molar-refractivity contribution in [3.8, 4) is 0 Å². The number of rotatable bonds is 2. The first-order valence-electron chi connectivity index (χ1n) is 5.79. The van der Waals surface area contributed by atoms with E-state index < -0.39 is 0 Å². The van der Waals surface area contributed by atoms with Crippen LogP contribution in [0.1, 0.15) is 32.1 Å². The molecule has 4 heteroatoms. The fraction of sp³-hybridized carbons (Fsp3) is 0.909. The van der Waals surface area contributed by atoms with Gasteiger partial charge in [-0.3, -0.25) is 4.79 Å². The Labute approximate surface area is 95.5 Å². The summed E-state index contributed by atoms with van der Waals surface area (Å²) in [6.45, 7) is 1.11. The van der Waals surface area contributed by atoms with E-state index >= 15 is 0 Å². The Hall–Kier alpha value is -0.280. The molecule has 1 saturated heterocycles. The molecule has 1 heterocycles. The molecule has 1 aliphatic carbocycles. The maximum absolute atomic E-state index is 11.9. The highest BCUT2D eigenvalue weighted by atomic mass is 35.5. The maximum Gasteiger partial charge on any atom is 0.223 e. The maximum atomic E-state index is 11.9. The third-order valence-corrected chi connectivity index (χ3v) is 3.74. The van der Waals surface area contributed by atoms with Crippen LogP contribution in [0.3, 0.4) is 0 Å². The summed E-state index contributed by atoms with van der Waals surface area (Å²) >= 11 is 6.02. The van der Waals surface area contributed by atoms with Gasteiger partial charge in [0.25, 0.3) is 0 Å². The summed E-state index contributed by atoms with van der Waals surface area (Å²) in [5.74, 6) is 0.388. The lowest BCUT2D eigenvalue weighted by Crippen LogP contribution is -2.43. The molecule has 0 aromatic carbocycles. The van der Waals surface area contributed by atoms with Crippen molar-refractivity contribution < 1.29 is 9.53 Å². The van der Waals surface area contributed by atoms with Crippen LogP contribution < -0.4 is 5.32 Å². The van der Waals surface area contributed by atoms with Crippen molar-refractivity contribution >= 4 is 17.5 Å². The molecular formula is C11H18ClNO2. The minimum absolute atomic E-state index is 0.0149. The minimum atomic E-state index is -0.0578. The highest BCUT2D eigenvalue weighted by Gasteiger charge is 2.30. The molecule has 2 unspecified atom stereocenters. The van der Waals surface area contributed by atoms with E-state index in [1.165, 1.54) is 19.3 Å². The van der Waals surface area contributed by atoms with Gasteiger partial charge in [-0.1, -0.05) is 19.3 Å². The molecule has 2 aliphatic rings. The molecule has 0 bridgehead atoms. The Morgan fingerprint density at radius 1 is 1.20 bits per heavy atom. The van der Waals surface area contributed by atoms with Crippen LogP contribution in [0, 0.1) is 5.92 Å². The Kier molecular flexibility index (Phi) is 3.87. The Morgan fingerprint density at radius 3 is 2.53 bits per heavy atom. The fourth-order valence-corrected chi connectivity index (χ4v) is 2.55. The van der Waals surface area contributed by atoms with Crippen molar-refractivity contribution in [3.05, 3.63) is 0 Å². The highest BCUT2D eigenvalue weighted by molar-refractivity contribution is 6.21.